The number of non-ortho nitro benzene ring substituents is 1. The van der Waals surface area contributed by atoms with E-state index in [2.05, 4.69) is 0 Å². The first-order chi connectivity index (χ1) is 7.68. The van der Waals surface area contributed by atoms with Crippen molar-refractivity contribution in [2.75, 3.05) is 0 Å². The Morgan fingerprint density at radius 1 is 1.12 bits per heavy atom. The maximum absolute atomic E-state index is 10.7. The van der Waals surface area contributed by atoms with Gasteiger partial charge >= 0.3 is 0 Å². The summed E-state index contributed by atoms with van der Waals surface area (Å²) in [6, 6.07) is 10.7. The van der Waals surface area contributed by atoms with E-state index in [-0.39, 0.29) is 10.6 Å². The summed E-state index contributed by atoms with van der Waals surface area (Å²) in [5.41, 5.74) is 1.28. The SMILES string of the molecule is CC.Cc1ccc2c([N+](=O)[O-])cccc2c1. The first-order valence-corrected chi connectivity index (χ1v) is 5.32. The number of nitrogens with zero attached hydrogens (tertiary/aromatic N) is 1. The van der Waals surface area contributed by atoms with Crippen LogP contribution in [0.15, 0.2) is 36.4 Å². The molecule has 3 heteroatoms. The first kappa shape index (κ1) is 12.2. The summed E-state index contributed by atoms with van der Waals surface area (Å²) in [4.78, 5) is 10.4. The molecule has 16 heavy (non-hydrogen) atoms. The van der Waals surface area contributed by atoms with Crippen LogP contribution in [0.3, 0.4) is 0 Å². The highest BCUT2D eigenvalue weighted by Crippen LogP contribution is 2.25. The minimum absolute atomic E-state index is 0.169. The number of hydrogen-bond donors (Lipinski definition) is 0. The number of hydrogen-bond acceptors (Lipinski definition) is 2. The van der Waals surface area contributed by atoms with Crippen LogP contribution in [0.25, 0.3) is 10.8 Å². The molecule has 0 aliphatic rings. The molecular weight excluding hydrogens is 202 g/mol. The molecule has 0 saturated carbocycles. The van der Waals surface area contributed by atoms with Crippen molar-refractivity contribution in [3.8, 4) is 0 Å². The summed E-state index contributed by atoms with van der Waals surface area (Å²) in [7, 11) is 0. The zero-order valence-electron chi connectivity index (χ0n) is 9.73. The van der Waals surface area contributed by atoms with Crippen LogP contribution in [-0.2, 0) is 0 Å². The molecule has 84 valence electrons. The van der Waals surface area contributed by atoms with Gasteiger partial charge in [0.1, 0.15) is 0 Å². The van der Waals surface area contributed by atoms with E-state index in [1.54, 1.807) is 12.1 Å². The summed E-state index contributed by atoms with van der Waals surface area (Å²) in [6.45, 7) is 5.97. The Kier molecular flexibility index (Phi) is 4.00. The zero-order valence-corrected chi connectivity index (χ0v) is 9.73. The monoisotopic (exact) mass is 217 g/mol. The highest BCUT2D eigenvalue weighted by molar-refractivity contribution is 5.91. The van der Waals surface area contributed by atoms with Gasteiger partial charge in [-0.1, -0.05) is 43.7 Å². The van der Waals surface area contributed by atoms with Crippen LogP contribution in [0.1, 0.15) is 19.4 Å². The Balaban J connectivity index is 0.000000606. The molecule has 0 aliphatic heterocycles. The van der Waals surface area contributed by atoms with Crippen molar-refractivity contribution in [1.29, 1.82) is 0 Å². The Bertz CT molecular complexity index is 506. The van der Waals surface area contributed by atoms with Crippen LogP contribution in [0.4, 0.5) is 5.69 Å². The van der Waals surface area contributed by atoms with Gasteiger partial charge in [0.2, 0.25) is 0 Å². The fourth-order valence-corrected chi connectivity index (χ4v) is 1.55. The van der Waals surface area contributed by atoms with Gasteiger partial charge in [-0.3, -0.25) is 10.1 Å². The third-order valence-corrected chi connectivity index (χ3v) is 2.21. The minimum Gasteiger partial charge on any atom is -0.258 e. The molecule has 0 aromatic heterocycles. The third-order valence-electron chi connectivity index (χ3n) is 2.21. The van der Waals surface area contributed by atoms with E-state index in [0.717, 1.165) is 10.9 Å². The van der Waals surface area contributed by atoms with E-state index in [4.69, 9.17) is 0 Å². The van der Waals surface area contributed by atoms with Crippen molar-refractivity contribution in [3.63, 3.8) is 0 Å². The molecule has 2 aromatic rings. The number of nitro groups is 1. The van der Waals surface area contributed by atoms with Crippen LogP contribution in [0.2, 0.25) is 0 Å². The van der Waals surface area contributed by atoms with Gasteiger partial charge in [0.25, 0.3) is 5.69 Å². The summed E-state index contributed by atoms with van der Waals surface area (Å²) in [6.07, 6.45) is 0. The van der Waals surface area contributed by atoms with Gasteiger partial charge in [-0.15, -0.1) is 0 Å². The fraction of sp³-hybridized carbons (Fsp3) is 0.231. The summed E-state index contributed by atoms with van der Waals surface area (Å²) in [5.74, 6) is 0. The van der Waals surface area contributed by atoms with Crippen LogP contribution >= 0.6 is 0 Å². The smallest absolute Gasteiger partial charge is 0.258 e. The van der Waals surface area contributed by atoms with Crippen molar-refractivity contribution >= 4 is 16.5 Å². The molecule has 0 bridgehead atoms. The number of aryl methyl sites for hydroxylation is 1. The normalized spacial score (nSPS) is 9.44. The van der Waals surface area contributed by atoms with E-state index in [9.17, 15) is 10.1 Å². The molecular formula is C13H15NO2. The Morgan fingerprint density at radius 2 is 1.81 bits per heavy atom. The molecule has 3 nitrogen and oxygen atoms in total. The fourth-order valence-electron chi connectivity index (χ4n) is 1.55. The topological polar surface area (TPSA) is 43.1 Å². The van der Waals surface area contributed by atoms with Crippen LogP contribution in [-0.4, -0.2) is 4.92 Å². The van der Waals surface area contributed by atoms with Gasteiger partial charge in [-0.25, -0.2) is 0 Å². The standard InChI is InChI=1S/C11H9NO2.C2H6/c1-8-5-6-10-9(7-8)3-2-4-11(10)12(13)14;1-2/h2-7H,1H3;1-2H3. The van der Waals surface area contributed by atoms with Crippen LogP contribution < -0.4 is 0 Å². The molecule has 0 radical (unpaired) electrons. The number of rotatable bonds is 1. The Labute approximate surface area is 94.9 Å². The van der Waals surface area contributed by atoms with Crippen LogP contribution in [0.5, 0.6) is 0 Å². The molecule has 0 heterocycles. The lowest BCUT2D eigenvalue weighted by atomic mass is 10.1. The van der Waals surface area contributed by atoms with E-state index in [1.165, 1.54) is 6.07 Å². The average Bonchev–Trinajstić information content (AvgIpc) is 2.30. The van der Waals surface area contributed by atoms with Gasteiger partial charge in [0.15, 0.2) is 0 Å². The number of benzene rings is 2. The van der Waals surface area contributed by atoms with Gasteiger partial charge in [0.05, 0.1) is 10.3 Å². The maximum Gasteiger partial charge on any atom is 0.277 e. The average molecular weight is 217 g/mol. The maximum atomic E-state index is 10.7. The summed E-state index contributed by atoms with van der Waals surface area (Å²) >= 11 is 0. The Morgan fingerprint density at radius 3 is 2.44 bits per heavy atom. The van der Waals surface area contributed by atoms with Gasteiger partial charge in [-0.2, -0.15) is 0 Å². The van der Waals surface area contributed by atoms with E-state index < -0.39 is 0 Å². The number of fused-ring (bicyclic) bond motifs is 1. The number of nitro benzene ring substituents is 1. The zero-order chi connectivity index (χ0) is 12.1. The predicted octanol–water partition coefficient (Wildman–Crippen LogP) is 4.08. The quantitative estimate of drug-likeness (QED) is 0.533. The van der Waals surface area contributed by atoms with Crippen molar-refractivity contribution in [3.05, 3.63) is 52.1 Å². The van der Waals surface area contributed by atoms with Crippen molar-refractivity contribution in [2.24, 2.45) is 0 Å². The lowest BCUT2D eigenvalue weighted by Crippen LogP contribution is -1.89. The summed E-state index contributed by atoms with van der Waals surface area (Å²) in [5, 5.41) is 12.3. The molecule has 0 amide bonds. The third kappa shape index (κ3) is 2.37. The minimum atomic E-state index is -0.350. The molecule has 0 atom stereocenters. The highest BCUT2D eigenvalue weighted by atomic mass is 16.6. The molecule has 0 spiro atoms. The van der Waals surface area contributed by atoms with E-state index in [1.807, 2.05) is 39.0 Å². The second kappa shape index (κ2) is 5.26. The van der Waals surface area contributed by atoms with Crippen LogP contribution in [0, 0.1) is 17.0 Å². The van der Waals surface area contributed by atoms with E-state index in [0.29, 0.717) is 5.39 Å². The molecule has 0 saturated heterocycles. The predicted molar refractivity (Wildman–Crippen MR) is 66.7 cm³/mol. The van der Waals surface area contributed by atoms with Gasteiger partial charge in [0, 0.05) is 6.07 Å². The van der Waals surface area contributed by atoms with Gasteiger partial charge in [-0.05, 0) is 18.4 Å². The molecule has 2 rings (SSSR count). The highest BCUT2D eigenvalue weighted by Gasteiger charge is 2.09. The first-order valence-electron chi connectivity index (χ1n) is 5.32. The van der Waals surface area contributed by atoms with Crippen molar-refractivity contribution in [2.45, 2.75) is 20.8 Å². The van der Waals surface area contributed by atoms with Crippen molar-refractivity contribution in [1.82, 2.24) is 0 Å². The van der Waals surface area contributed by atoms with Gasteiger partial charge < -0.3 is 0 Å². The molecule has 0 fully saturated rings. The van der Waals surface area contributed by atoms with E-state index >= 15 is 0 Å². The molecule has 0 aliphatic carbocycles. The summed E-state index contributed by atoms with van der Waals surface area (Å²) < 4.78 is 0. The van der Waals surface area contributed by atoms with Crippen molar-refractivity contribution < 1.29 is 4.92 Å². The molecule has 2 aromatic carbocycles. The second-order valence-electron chi connectivity index (χ2n) is 3.26. The molecule has 0 unspecified atom stereocenters. The Hall–Kier alpha value is -1.90. The lowest BCUT2D eigenvalue weighted by molar-refractivity contribution is -0.383. The lowest BCUT2D eigenvalue weighted by Gasteiger charge is -1.99. The largest absolute Gasteiger partial charge is 0.277 e. The molecule has 0 N–H and O–H groups in total. The second-order valence-corrected chi connectivity index (χ2v) is 3.26.